The number of nitrogens with one attached hydrogen (secondary N) is 1. The average molecular weight is 294 g/mol. The molecule has 1 aromatic rings. The molecule has 0 spiro atoms. The van der Waals surface area contributed by atoms with E-state index in [1.54, 1.807) is 4.68 Å². The Balaban J connectivity index is 1.97. The molecule has 1 unspecified atom stereocenters. The minimum absolute atomic E-state index is 0.000889. The molecule has 1 fully saturated rings. The summed E-state index contributed by atoms with van der Waals surface area (Å²) in [7, 11) is 1.87. The summed E-state index contributed by atoms with van der Waals surface area (Å²) in [5, 5.41) is 16.4. The summed E-state index contributed by atoms with van der Waals surface area (Å²) in [5.41, 5.74) is 2.62. The normalized spacial score (nSPS) is 19.7. The Morgan fingerprint density at radius 1 is 1.43 bits per heavy atom. The number of nitrogens with zero attached hydrogens (tertiary/aromatic N) is 3. The maximum atomic E-state index is 12.3. The highest BCUT2D eigenvalue weighted by Crippen LogP contribution is 2.21. The average Bonchev–Trinajstić information content (AvgIpc) is 2.68. The van der Waals surface area contributed by atoms with E-state index < -0.39 is 0 Å². The third-order valence-corrected chi connectivity index (χ3v) is 4.33. The van der Waals surface area contributed by atoms with Crippen molar-refractivity contribution in [2.24, 2.45) is 7.05 Å². The third kappa shape index (κ3) is 3.83. The summed E-state index contributed by atoms with van der Waals surface area (Å²) >= 11 is 0. The first-order chi connectivity index (χ1) is 10.0. The van der Waals surface area contributed by atoms with Crippen molar-refractivity contribution < 1.29 is 9.90 Å². The van der Waals surface area contributed by atoms with Gasteiger partial charge in [-0.3, -0.25) is 14.4 Å². The van der Waals surface area contributed by atoms with Crippen molar-refractivity contribution in [2.75, 3.05) is 25.0 Å². The van der Waals surface area contributed by atoms with E-state index in [2.05, 4.69) is 15.3 Å². The number of carbonyl (C=O) groups is 1. The lowest BCUT2D eigenvalue weighted by Gasteiger charge is -2.34. The zero-order valence-corrected chi connectivity index (χ0v) is 13.2. The van der Waals surface area contributed by atoms with Crippen LogP contribution >= 0.6 is 0 Å². The Labute approximate surface area is 126 Å². The Bertz CT molecular complexity index is 496. The fraction of sp³-hybridized carbons (Fsp3) is 0.733. The number of aliphatic hydroxyl groups is 1. The highest BCUT2D eigenvalue weighted by atomic mass is 16.3. The van der Waals surface area contributed by atoms with E-state index in [0.29, 0.717) is 12.6 Å². The fourth-order valence-electron chi connectivity index (χ4n) is 3.06. The molecule has 0 aliphatic carbocycles. The molecule has 0 saturated carbocycles. The molecule has 1 aliphatic heterocycles. The number of aliphatic hydroxyl groups excluding tert-OH is 1. The summed E-state index contributed by atoms with van der Waals surface area (Å²) in [6.45, 7) is 5.36. The van der Waals surface area contributed by atoms with Crippen molar-refractivity contribution in [1.29, 1.82) is 0 Å². The minimum Gasteiger partial charge on any atom is -0.396 e. The van der Waals surface area contributed by atoms with Crippen molar-refractivity contribution >= 4 is 11.6 Å². The second-order valence-electron chi connectivity index (χ2n) is 5.85. The lowest BCUT2D eigenvalue weighted by molar-refractivity contribution is -0.118. The summed E-state index contributed by atoms with van der Waals surface area (Å²) in [6, 6.07) is 0.325. The molecule has 2 heterocycles. The summed E-state index contributed by atoms with van der Waals surface area (Å²) in [6.07, 6.45) is 4.13. The number of piperidine rings is 1. The third-order valence-electron chi connectivity index (χ3n) is 4.33. The van der Waals surface area contributed by atoms with Gasteiger partial charge in [0.25, 0.3) is 0 Å². The molecule has 1 amide bonds. The van der Waals surface area contributed by atoms with Crippen LogP contribution in [0.1, 0.15) is 37.1 Å². The van der Waals surface area contributed by atoms with E-state index in [1.807, 2.05) is 20.9 Å². The van der Waals surface area contributed by atoms with E-state index in [1.165, 1.54) is 6.42 Å². The predicted molar refractivity (Wildman–Crippen MR) is 82.2 cm³/mol. The van der Waals surface area contributed by atoms with Crippen LogP contribution in [0.5, 0.6) is 0 Å². The molecule has 1 aliphatic rings. The zero-order valence-electron chi connectivity index (χ0n) is 13.2. The van der Waals surface area contributed by atoms with Crippen LogP contribution < -0.4 is 5.32 Å². The smallest absolute Gasteiger partial charge is 0.238 e. The Morgan fingerprint density at radius 2 is 2.19 bits per heavy atom. The van der Waals surface area contributed by atoms with Crippen LogP contribution in [0.2, 0.25) is 0 Å². The number of likely N-dealkylation sites (tertiary alicyclic amines) is 1. The highest BCUT2D eigenvalue weighted by molar-refractivity contribution is 5.93. The number of hydrogen-bond acceptors (Lipinski definition) is 4. The van der Waals surface area contributed by atoms with Crippen LogP contribution in [-0.2, 0) is 11.8 Å². The number of aromatic nitrogens is 2. The van der Waals surface area contributed by atoms with Gasteiger partial charge >= 0.3 is 0 Å². The van der Waals surface area contributed by atoms with E-state index >= 15 is 0 Å². The van der Waals surface area contributed by atoms with E-state index in [-0.39, 0.29) is 12.5 Å². The van der Waals surface area contributed by atoms with Gasteiger partial charge < -0.3 is 10.4 Å². The van der Waals surface area contributed by atoms with Gasteiger partial charge in [0, 0.05) is 19.7 Å². The molecule has 1 atom stereocenters. The van der Waals surface area contributed by atoms with Crippen LogP contribution in [-0.4, -0.2) is 51.4 Å². The van der Waals surface area contributed by atoms with Crippen molar-refractivity contribution in [3.63, 3.8) is 0 Å². The van der Waals surface area contributed by atoms with Gasteiger partial charge in [0.15, 0.2) is 0 Å². The molecule has 0 radical (unpaired) electrons. The van der Waals surface area contributed by atoms with Crippen molar-refractivity contribution in [3.05, 3.63) is 11.4 Å². The van der Waals surface area contributed by atoms with Gasteiger partial charge in [0.1, 0.15) is 0 Å². The van der Waals surface area contributed by atoms with Gasteiger partial charge in [0.05, 0.1) is 23.6 Å². The predicted octanol–water partition coefficient (Wildman–Crippen LogP) is 1.21. The first kappa shape index (κ1) is 16.0. The summed E-state index contributed by atoms with van der Waals surface area (Å²) in [4.78, 5) is 14.5. The second-order valence-corrected chi connectivity index (χ2v) is 5.85. The SMILES string of the molecule is Cc1nn(C)c(C)c1NC(=O)CN1CCCCC1CCO. The van der Waals surface area contributed by atoms with Crippen LogP contribution in [0.4, 0.5) is 5.69 Å². The molecule has 0 bridgehead atoms. The van der Waals surface area contributed by atoms with Crippen LogP contribution in [0.3, 0.4) is 0 Å². The molecule has 1 aromatic heterocycles. The first-order valence-corrected chi connectivity index (χ1v) is 7.68. The van der Waals surface area contributed by atoms with Crippen molar-refractivity contribution in [2.45, 2.75) is 45.6 Å². The number of amides is 1. The maximum absolute atomic E-state index is 12.3. The lowest BCUT2D eigenvalue weighted by atomic mass is 9.99. The fourth-order valence-corrected chi connectivity index (χ4v) is 3.06. The number of hydrogen-bond donors (Lipinski definition) is 2. The molecule has 2 N–H and O–H groups in total. The quantitative estimate of drug-likeness (QED) is 0.856. The zero-order chi connectivity index (χ0) is 15.4. The standard InChI is InChI=1S/C15H26N4O2/c1-11-15(12(2)18(3)17-11)16-14(21)10-19-8-5-4-6-13(19)7-9-20/h13,20H,4-10H2,1-3H3,(H,16,21). The minimum atomic E-state index is -0.000889. The largest absolute Gasteiger partial charge is 0.396 e. The number of aryl methyl sites for hydroxylation is 2. The Morgan fingerprint density at radius 3 is 2.81 bits per heavy atom. The Kier molecular flexibility index (Phi) is 5.36. The second kappa shape index (κ2) is 7.04. The van der Waals surface area contributed by atoms with Gasteiger partial charge in [-0.1, -0.05) is 6.42 Å². The van der Waals surface area contributed by atoms with Gasteiger partial charge in [-0.15, -0.1) is 0 Å². The molecular formula is C15H26N4O2. The number of carbonyl (C=O) groups excluding carboxylic acids is 1. The van der Waals surface area contributed by atoms with E-state index in [0.717, 1.165) is 42.9 Å². The number of anilines is 1. The number of rotatable bonds is 5. The van der Waals surface area contributed by atoms with Crippen LogP contribution in [0.25, 0.3) is 0 Å². The molecule has 2 rings (SSSR count). The summed E-state index contributed by atoms with van der Waals surface area (Å²) in [5.74, 6) is -0.000889. The van der Waals surface area contributed by atoms with Crippen molar-refractivity contribution in [1.82, 2.24) is 14.7 Å². The molecule has 6 heteroatoms. The molecular weight excluding hydrogens is 268 g/mol. The summed E-state index contributed by atoms with van der Waals surface area (Å²) < 4.78 is 1.78. The monoisotopic (exact) mass is 294 g/mol. The van der Waals surface area contributed by atoms with Crippen LogP contribution in [0.15, 0.2) is 0 Å². The maximum Gasteiger partial charge on any atom is 0.238 e. The van der Waals surface area contributed by atoms with Crippen LogP contribution in [0, 0.1) is 13.8 Å². The van der Waals surface area contributed by atoms with Gasteiger partial charge in [-0.05, 0) is 39.7 Å². The first-order valence-electron chi connectivity index (χ1n) is 7.68. The van der Waals surface area contributed by atoms with Gasteiger partial charge in [-0.25, -0.2) is 0 Å². The van der Waals surface area contributed by atoms with Gasteiger partial charge in [0.2, 0.25) is 5.91 Å². The molecule has 0 aromatic carbocycles. The lowest BCUT2D eigenvalue weighted by Crippen LogP contribution is -2.44. The van der Waals surface area contributed by atoms with Gasteiger partial charge in [-0.2, -0.15) is 5.10 Å². The van der Waals surface area contributed by atoms with Crippen molar-refractivity contribution in [3.8, 4) is 0 Å². The highest BCUT2D eigenvalue weighted by Gasteiger charge is 2.24. The molecule has 6 nitrogen and oxygen atoms in total. The molecule has 21 heavy (non-hydrogen) atoms. The van der Waals surface area contributed by atoms with E-state index in [9.17, 15) is 4.79 Å². The molecule has 118 valence electrons. The topological polar surface area (TPSA) is 70.4 Å². The van der Waals surface area contributed by atoms with E-state index in [4.69, 9.17) is 5.11 Å². The molecule has 1 saturated heterocycles. The Hall–Kier alpha value is -1.40.